The van der Waals surface area contributed by atoms with Gasteiger partial charge in [-0.05, 0) is 35.9 Å². The Bertz CT molecular complexity index is 1180. The number of benzene rings is 2. The highest BCUT2D eigenvalue weighted by atomic mass is 32.1. The fourth-order valence-electron chi connectivity index (χ4n) is 3.67. The number of aromatic nitrogens is 1. The number of anilines is 1. The predicted octanol–water partition coefficient (Wildman–Crippen LogP) is 3.17. The van der Waals surface area contributed by atoms with Crippen molar-refractivity contribution in [2.24, 2.45) is 0 Å². The predicted molar refractivity (Wildman–Crippen MR) is 133 cm³/mol. The van der Waals surface area contributed by atoms with E-state index in [1.165, 1.54) is 18.4 Å². The highest BCUT2D eigenvalue weighted by molar-refractivity contribution is 7.15. The third-order valence-electron chi connectivity index (χ3n) is 5.55. The molecule has 184 valence electrons. The SMILES string of the molecule is COc1ccc(C(=O)NCc2cccc(C(=O)Nc3ncc(CN4CCOCC4)s3)c2)cc1OC. The molecular weight excluding hydrogens is 468 g/mol. The molecule has 1 fully saturated rings. The van der Waals surface area contributed by atoms with E-state index in [0.29, 0.717) is 27.8 Å². The number of nitrogens with zero attached hydrogens (tertiary/aromatic N) is 2. The molecule has 0 bridgehead atoms. The second-order valence-electron chi connectivity index (χ2n) is 7.93. The van der Waals surface area contributed by atoms with Gasteiger partial charge in [-0.2, -0.15) is 0 Å². The molecule has 0 radical (unpaired) electrons. The van der Waals surface area contributed by atoms with Crippen LogP contribution in [0.1, 0.15) is 31.2 Å². The summed E-state index contributed by atoms with van der Waals surface area (Å²) < 4.78 is 15.8. The number of nitrogens with one attached hydrogen (secondary N) is 2. The molecule has 2 N–H and O–H groups in total. The van der Waals surface area contributed by atoms with Crippen molar-refractivity contribution >= 4 is 28.3 Å². The molecule has 3 aromatic rings. The summed E-state index contributed by atoms with van der Waals surface area (Å²) in [7, 11) is 3.06. The lowest BCUT2D eigenvalue weighted by atomic mass is 10.1. The van der Waals surface area contributed by atoms with E-state index in [9.17, 15) is 9.59 Å². The minimum absolute atomic E-state index is 0.245. The van der Waals surface area contributed by atoms with Crippen LogP contribution in [0.2, 0.25) is 0 Å². The Morgan fingerprint density at radius 2 is 1.80 bits per heavy atom. The maximum Gasteiger partial charge on any atom is 0.257 e. The first-order valence-electron chi connectivity index (χ1n) is 11.2. The van der Waals surface area contributed by atoms with Gasteiger partial charge in [0, 0.05) is 48.4 Å². The summed E-state index contributed by atoms with van der Waals surface area (Å²) in [5.41, 5.74) is 1.75. The molecule has 1 aromatic heterocycles. The molecule has 2 amide bonds. The maximum atomic E-state index is 12.8. The van der Waals surface area contributed by atoms with E-state index in [1.54, 1.807) is 49.7 Å². The van der Waals surface area contributed by atoms with E-state index in [2.05, 4.69) is 20.5 Å². The van der Waals surface area contributed by atoms with Crippen molar-refractivity contribution in [2.75, 3.05) is 45.8 Å². The molecule has 10 heteroatoms. The standard InChI is InChI=1S/C25H28N4O5S/c1-32-21-7-6-19(13-22(21)33-2)23(30)26-14-17-4-3-5-18(12-17)24(31)28-25-27-15-20(35-25)16-29-8-10-34-11-9-29/h3-7,12-13,15H,8-11,14,16H2,1-2H3,(H,26,30)(H,27,28,31). The second-order valence-corrected chi connectivity index (χ2v) is 9.04. The molecule has 0 atom stereocenters. The fraction of sp³-hybridized carbons (Fsp3) is 0.320. The Morgan fingerprint density at radius 3 is 2.57 bits per heavy atom. The van der Waals surface area contributed by atoms with Crippen LogP contribution in [0.4, 0.5) is 5.13 Å². The van der Waals surface area contributed by atoms with Crippen LogP contribution in [0, 0.1) is 0 Å². The molecule has 0 aliphatic carbocycles. The largest absolute Gasteiger partial charge is 0.493 e. The second kappa shape index (κ2) is 11.8. The van der Waals surface area contributed by atoms with Crippen LogP contribution in [0.25, 0.3) is 0 Å². The number of hydrogen-bond acceptors (Lipinski definition) is 8. The van der Waals surface area contributed by atoms with E-state index in [4.69, 9.17) is 14.2 Å². The number of hydrogen-bond donors (Lipinski definition) is 2. The van der Waals surface area contributed by atoms with Gasteiger partial charge in [0.15, 0.2) is 16.6 Å². The number of morpholine rings is 1. The van der Waals surface area contributed by atoms with Crippen molar-refractivity contribution in [3.8, 4) is 11.5 Å². The topological polar surface area (TPSA) is 102 Å². The summed E-state index contributed by atoms with van der Waals surface area (Å²) >= 11 is 1.47. The zero-order valence-corrected chi connectivity index (χ0v) is 20.5. The van der Waals surface area contributed by atoms with Crippen molar-refractivity contribution < 1.29 is 23.8 Å². The Morgan fingerprint density at radius 1 is 1.03 bits per heavy atom. The van der Waals surface area contributed by atoms with E-state index in [0.717, 1.165) is 43.3 Å². The summed E-state index contributed by atoms with van der Waals surface area (Å²) in [6.45, 7) is 4.35. The molecule has 0 spiro atoms. The first-order valence-corrected chi connectivity index (χ1v) is 12.0. The van der Waals surface area contributed by atoms with Crippen LogP contribution in [0.5, 0.6) is 11.5 Å². The third-order valence-corrected chi connectivity index (χ3v) is 6.44. The molecule has 9 nitrogen and oxygen atoms in total. The quantitative estimate of drug-likeness (QED) is 0.469. The Kier molecular flexibility index (Phi) is 8.30. The molecule has 35 heavy (non-hydrogen) atoms. The lowest BCUT2D eigenvalue weighted by Gasteiger charge is -2.25. The molecule has 4 rings (SSSR count). The lowest BCUT2D eigenvalue weighted by Crippen LogP contribution is -2.35. The number of carbonyl (C=O) groups excluding carboxylic acids is 2. The number of amides is 2. The first-order chi connectivity index (χ1) is 17.1. The van der Waals surface area contributed by atoms with Crippen LogP contribution in [-0.4, -0.2) is 62.2 Å². The van der Waals surface area contributed by atoms with Gasteiger partial charge < -0.3 is 19.5 Å². The minimum Gasteiger partial charge on any atom is -0.493 e. The summed E-state index contributed by atoms with van der Waals surface area (Å²) in [6, 6.07) is 12.1. The molecule has 2 aromatic carbocycles. The average Bonchev–Trinajstić information content (AvgIpc) is 3.33. The van der Waals surface area contributed by atoms with Crippen LogP contribution in [-0.2, 0) is 17.8 Å². The number of ether oxygens (including phenoxy) is 3. The van der Waals surface area contributed by atoms with Gasteiger partial charge in [-0.15, -0.1) is 11.3 Å². The van der Waals surface area contributed by atoms with Crippen molar-refractivity contribution in [1.82, 2.24) is 15.2 Å². The van der Waals surface area contributed by atoms with Gasteiger partial charge in [0.1, 0.15) is 0 Å². The van der Waals surface area contributed by atoms with Crippen molar-refractivity contribution in [2.45, 2.75) is 13.1 Å². The van der Waals surface area contributed by atoms with Gasteiger partial charge >= 0.3 is 0 Å². The lowest BCUT2D eigenvalue weighted by molar-refractivity contribution is 0.0346. The average molecular weight is 497 g/mol. The smallest absolute Gasteiger partial charge is 0.257 e. The highest BCUT2D eigenvalue weighted by Crippen LogP contribution is 2.27. The van der Waals surface area contributed by atoms with Crippen molar-refractivity contribution in [1.29, 1.82) is 0 Å². The van der Waals surface area contributed by atoms with Crippen LogP contribution in [0.3, 0.4) is 0 Å². The monoisotopic (exact) mass is 496 g/mol. The van der Waals surface area contributed by atoms with Gasteiger partial charge in [-0.3, -0.25) is 19.8 Å². The summed E-state index contributed by atoms with van der Waals surface area (Å²) in [5.74, 6) is 0.534. The van der Waals surface area contributed by atoms with E-state index in [-0.39, 0.29) is 18.4 Å². The third kappa shape index (κ3) is 6.56. The highest BCUT2D eigenvalue weighted by Gasteiger charge is 2.15. The van der Waals surface area contributed by atoms with Crippen molar-refractivity contribution in [3.63, 3.8) is 0 Å². The molecular formula is C25H28N4O5S. The first kappa shape index (κ1) is 24.6. The van der Waals surface area contributed by atoms with Gasteiger partial charge in [-0.25, -0.2) is 4.98 Å². The van der Waals surface area contributed by atoms with Crippen LogP contribution < -0.4 is 20.1 Å². The zero-order chi connectivity index (χ0) is 24.6. The summed E-state index contributed by atoms with van der Waals surface area (Å²) in [5, 5.41) is 6.30. The molecule has 0 unspecified atom stereocenters. The summed E-state index contributed by atoms with van der Waals surface area (Å²) in [4.78, 5) is 33.1. The van der Waals surface area contributed by atoms with Crippen molar-refractivity contribution in [3.05, 3.63) is 70.2 Å². The molecule has 1 aliphatic rings. The van der Waals surface area contributed by atoms with Gasteiger partial charge in [0.25, 0.3) is 11.8 Å². The Labute approximate surface area is 208 Å². The van der Waals surface area contributed by atoms with Gasteiger partial charge in [-0.1, -0.05) is 12.1 Å². The van der Waals surface area contributed by atoms with E-state index in [1.807, 2.05) is 6.07 Å². The summed E-state index contributed by atoms with van der Waals surface area (Å²) in [6.07, 6.45) is 1.80. The van der Waals surface area contributed by atoms with Crippen LogP contribution in [0.15, 0.2) is 48.7 Å². The number of rotatable bonds is 9. The van der Waals surface area contributed by atoms with Crippen LogP contribution >= 0.6 is 11.3 Å². The maximum absolute atomic E-state index is 12.8. The Hall–Kier alpha value is -3.47. The molecule has 0 saturated carbocycles. The number of thiazole rings is 1. The molecule has 1 saturated heterocycles. The number of methoxy groups -OCH3 is 2. The fourth-order valence-corrected chi connectivity index (χ4v) is 4.52. The number of carbonyl (C=O) groups is 2. The molecule has 1 aliphatic heterocycles. The minimum atomic E-state index is -0.253. The zero-order valence-electron chi connectivity index (χ0n) is 19.7. The van der Waals surface area contributed by atoms with Gasteiger partial charge in [0.2, 0.25) is 0 Å². The normalized spacial score (nSPS) is 13.8. The van der Waals surface area contributed by atoms with E-state index >= 15 is 0 Å². The van der Waals surface area contributed by atoms with E-state index < -0.39 is 0 Å². The van der Waals surface area contributed by atoms with Gasteiger partial charge in [0.05, 0.1) is 27.4 Å². The Balaban J connectivity index is 1.33. The molecule has 2 heterocycles.